The number of nitrogens with zero attached hydrogens (tertiary/aromatic N) is 5. The van der Waals surface area contributed by atoms with Crippen molar-refractivity contribution in [2.45, 2.75) is 24.4 Å². The summed E-state index contributed by atoms with van der Waals surface area (Å²) in [6, 6.07) is 6.71. The maximum Gasteiger partial charge on any atom is 0.209 e. The first-order valence-electron chi connectivity index (χ1n) is 6.20. The topological polar surface area (TPSA) is 56.5 Å². The summed E-state index contributed by atoms with van der Waals surface area (Å²) in [5, 5.41) is 12.8. The molecule has 20 heavy (non-hydrogen) atoms. The molecule has 0 aliphatic rings. The number of tetrazole rings is 1. The fourth-order valence-electron chi connectivity index (χ4n) is 1.95. The average molecular weight is 289 g/mol. The molecule has 5 nitrogen and oxygen atoms in total. The van der Waals surface area contributed by atoms with Crippen molar-refractivity contribution in [2.75, 3.05) is 0 Å². The van der Waals surface area contributed by atoms with E-state index in [0.717, 1.165) is 17.3 Å². The summed E-state index contributed by atoms with van der Waals surface area (Å²) in [6.45, 7) is 2.70. The van der Waals surface area contributed by atoms with Crippen LogP contribution in [0, 0.1) is 5.82 Å². The lowest BCUT2D eigenvalue weighted by Gasteiger charge is -2.06. The van der Waals surface area contributed by atoms with Crippen LogP contribution in [0.25, 0.3) is 10.9 Å². The van der Waals surface area contributed by atoms with Gasteiger partial charge in [0.1, 0.15) is 5.82 Å². The van der Waals surface area contributed by atoms with E-state index >= 15 is 0 Å². The molecule has 0 bridgehead atoms. The largest absolute Gasteiger partial charge is 0.256 e. The van der Waals surface area contributed by atoms with E-state index in [2.05, 4.69) is 20.5 Å². The van der Waals surface area contributed by atoms with E-state index in [1.54, 1.807) is 29.1 Å². The number of aromatic nitrogens is 5. The summed E-state index contributed by atoms with van der Waals surface area (Å²) in [4.78, 5) is 4.27. The number of rotatable bonds is 4. The molecule has 0 unspecified atom stereocenters. The van der Waals surface area contributed by atoms with Gasteiger partial charge in [-0.15, -0.1) is 5.10 Å². The van der Waals surface area contributed by atoms with Gasteiger partial charge in [-0.25, -0.2) is 9.07 Å². The summed E-state index contributed by atoms with van der Waals surface area (Å²) in [6.07, 6.45) is 1.67. The Balaban J connectivity index is 1.90. The van der Waals surface area contributed by atoms with Gasteiger partial charge in [0, 0.05) is 23.9 Å². The van der Waals surface area contributed by atoms with Crippen molar-refractivity contribution in [1.29, 1.82) is 0 Å². The van der Waals surface area contributed by atoms with E-state index < -0.39 is 0 Å². The number of benzene rings is 1. The number of pyridine rings is 1. The molecule has 0 N–H and O–H groups in total. The summed E-state index contributed by atoms with van der Waals surface area (Å²) in [5.74, 6) is 0.397. The highest BCUT2D eigenvalue weighted by molar-refractivity contribution is 7.98. The maximum atomic E-state index is 13.7. The predicted molar refractivity (Wildman–Crippen MR) is 74.8 cm³/mol. The highest BCUT2D eigenvalue weighted by Crippen LogP contribution is 2.26. The van der Waals surface area contributed by atoms with Crippen molar-refractivity contribution in [3.05, 3.63) is 41.8 Å². The quantitative estimate of drug-likeness (QED) is 0.691. The van der Waals surface area contributed by atoms with Gasteiger partial charge in [-0.3, -0.25) is 4.98 Å². The molecule has 3 rings (SSSR count). The van der Waals surface area contributed by atoms with E-state index in [0.29, 0.717) is 16.7 Å². The molecule has 0 aliphatic heterocycles. The van der Waals surface area contributed by atoms with Gasteiger partial charge in [0.15, 0.2) is 0 Å². The minimum absolute atomic E-state index is 0.250. The number of thioether (sulfide) groups is 1. The van der Waals surface area contributed by atoms with Crippen molar-refractivity contribution in [2.24, 2.45) is 0 Å². The molecule has 1 aromatic carbocycles. The van der Waals surface area contributed by atoms with Crippen molar-refractivity contribution in [3.8, 4) is 0 Å². The molecule has 0 atom stereocenters. The number of halogens is 1. The Morgan fingerprint density at radius 1 is 1.30 bits per heavy atom. The van der Waals surface area contributed by atoms with E-state index in [9.17, 15) is 4.39 Å². The van der Waals surface area contributed by atoms with Gasteiger partial charge in [0.25, 0.3) is 0 Å². The summed E-state index contributed by atoms with van der Waals surface area (Å²) < 4.78 is 15.4. The summed E-state index contributed by atoms with van der Waals surface area (Å²) in [7, 11) is 0. The smallest absolute Gasteiger partial charge is 0.209 e. The van der Waals surface area contributed by atoms with Crippen LogP contribution < -0.4 is 0 Å². The Morgan fingerprint density at radius 2 is 2.20 bits per heavy atom. The van der Waals surface area contributed by atoms with E-state index in [-0.39, 0.29) is 5.82 Å². The van der Waals surface area contributed by atoms with Crippen LogP contribution in [-0.4, -0.2) is 25.2 Å². The molecule has 2 aromatic heterocycles. The number of aryl methyl sites for hydroxylation is 1. The standard InChI is InChI=1S/C13H12FN5S/c1-2-19-13(16-17-18-19)20-8-9-5-6-11(14)10-4-3-7-15-12(9)10/h3-7H,2,8H2,1H3. The highest BCUT2D eigenvalue weighted by Gasteiger charge is 2.10. The zero-order valence-electron chi connectivity index (χ0n) is 10.8. The van der Waals surface area contributed by atoms with Crippen molar-refractivity contribution < 1.29 is 4.39 Å². The molecule has 0 spiro atoms. The molecule has 0 fully saturated rings. The van der Waals surface area contributed by atoms with Crippen LogP contribution in [0.15, 0.2) is 35.6 Å². The molecule has 0 saturated carbocycles. The third-order valence-corrected chi connectivity index (χ3v) is 3.96. The molecule has 0 saturated heterocycles. The van der Waals surface area contributed by atoms with E-state index in [4.69, 9.17) is 0 Å². The van der Waals surface area contributed by atoms with Gasteiger partial charge in [0.05, 0.1) is 5.52 Å². The normalized spacial score (nSPS) is 11.1. The van der Waals surface area contributed by atoms with Crippen LogP contribution in [0.2, 0.25) is 0 Å². The lowest BCUT2D eigenvalue weighted by atomic mass is 10.1. The summed E-state index contributed by atoms with van der Waals surface area (Å²) in [5.41, 5.74) is 1.66. The van der Waals surface area contributed by atoms with Gasteiger partial charge in [-0.05, 0) is 41.1 Å². The van der Waals surface area contributed by atoms with E-state index in [1.807, 2.05) is 6.92 Å². The molecule has 7 heteroatoms. The van der Waals surface area contributed by atoms with Crippen LogP contribution >= 0.6 is 11.8 Å². The van der Waals surface area contributed by atoms with Crippen molar-refractivity contribution in [1.82, 2.24) is 25.2 Å². The van der Waals surface area contributed by atoms with Crippen molar-refractivity contribution >= 4 is 22.7 Å². The third kappa shape index (κ3) is 2.36. The summed E-state index contributed by atoms with van der Waals surface area (Å²) >= 11 is 1.52. The zero-order valence-corrected chi connectivity index (χ0v) is 11.6. The van der Waals surface area contributed by atoms with E-state index in [1.165, 1.54) is 17.8 Å². The highest BCUT2D eigenvalue weighted by atomic mass is 32.2. The van der Waals surface area contributed by atoms with Gasteiger partial charge in [-0.1, -0.05) is 17.8 Å². The first kappa shape index (κ1) is 13.0. The zero-order chi connectivity index (χ0) is 13.9. The molecular formula is C13H12FN5S. The molecular weight excluding hydrogens is 277 g/mol. The molecule has 3 aromatic rings. The van der Waals surface area contributed by atoms with Gasteiger partial charge in [-0.2, -0.15) is 0 Å². The SMILES string of the molecule is CCn1nnnc1SCc1ccc(F)c2cccnc12. The number of hydrogen-bond acceptors (Lipinski definition) is 5. The molecule has 0 amide bonds. The third-order valence-electron chi connectivity index (χ3n) is 2.96. The molecule has 0 radical (unpaired) electrons. The van der Waals surface area contributed by atoms with Crippen LogP contribution in [0.5, 0.6) is 0 Å². The van der Waals surface area contributed by atoms with Gasteiger partial charge >= 0.3 is 0 Å². The molecule has 0 aliphatic carbocycles. The second-order valence-corrected chi connectivity index (χ2v) is 5.11. The Hall–Kier alpha value is -2.02. The monoisotopic (exact) mass is 289 g/mol. The average Bonchev–Trinajstić information content (AvgIpc) is 2.94. The lowest BCUT2D eigenvalue weighted by Crippen LogP contribution is -1.99. The van der Waals surface area contributed by atoms with Crippen LogP contribution in [0.3, 0.4) is 0 Å². The molecule has 2 heterocycles. The lowest BCUT2D eigenvalue weighted by molar-refractivity contribution is 0.581. The Bertz CT molecular complexity index is 742. The van der Waals surface area contributed by atoms with Gasteiger partial charge in [0.2, 0.25) is 5.16 Å². The minimum atomic E-state index is -0.250. The predicted octanol–water partition coefficient (Wildman–Crippen LogP) is 2.67. The van der Waals surface area contributed by atoms with Crippen LogP contribution in [0.4, 0.5) is 4.39 Å². The Labute approximate surface area is 119 Å². The fraction of sp³-hybridized carbons (Fsp3) is 0.231. The van der Waals surface area contributed by atoms with Crippen LogP contribution in [-0.2, 0) is 12.3 Å². The second kappa shape index (κ2) is 5.54. The second-order valence-electron chi connectivity index (χ2n) is 4.17. The van der Waals surface area contributed by atoms with Crippen molar-refractivity contribution in [3.63, 3.8) is 0 Å². The number of fused-ring (bicyclic) bond motifs is 1. The Morgan fingerprint density at radius 3 is 3.05 bits per heavy atom. The first-order chi connectivity index (χ1) is 9.79. The van der Waals surface area contributed by atoms with Crippen LogP contribution in [0.1, 0.15) is 12.5 Å². The maximum absolute atomic E-state index is 13.7. The fourth-order valence-corrected chi connectivity index (χ4v) is 2.88. The Kier molecular flexibility index (Phi) is 3.60. The number of hydrogen-bond donors (Lipinski definition) is 0. The molecule has 102 valence electrons. The van der Waals surface area contributed by atoms with Gasteiger partial charge < -0.3 is 0 Å². The first-order valence-corrected chi connectivity index (χ1v) is 7.19. The minimum Gasteiger partial charge on any atom is -0.256 e.